The van der Waals surface area contributed by atoms with Crippen LogP contribution in [-0.4, -0.2) is 0 Å². The fraction of sp³-hybridized carbons (Fsp3) is 0.471. The molecule has 3 aromatic carbocycles. The first-order valence-electron chi connectivity index (χ1n) is 16.1. The lowest BCUT2D eigenvalue weighted by atomic mass is 9.98. The summed E-state index contributed by atoms with van der Waals surface area (Å²) in [5.41, 5.74) is 2.88. The van der Waals surface area contributed by atoms with Crippen LogP contribution in [-0.2, 0) is 12.8 Å². The molecule has 0 heterocycles. The number of rotatable bonds is 4. The Labute approximate surface area is 221 Å². The van der Waals surface area contributed by atoms with E-state index in [1.165, 1.54) is 12.8 Å². The number of benzene rings is 3. The average molecular weight is 466 g/mol. The molecule has 0 heteroatoms. The van der Waals surface area contributed by atoms with Gasteiger partial charge in [-0.15, -0.1) is 0 Å². The van der Waals surface area contributed by atoms with Gasteiger partial charge in [0.25, 0.3) is 0 Å². The summed E-state index contributed by atoms with van der Waals surface area (Å²) < 4.78 is 52.9. The predicted octanol–water partition coefficient (Wildman–Crippen LogP) is 10.7. The van der Waals surface area contributed by atoms with Gasteiger partial charge in [-0.05, 0) is 41.2 Å². The molecule has 0 nitrogen and oxygen atoms in total. The van der Waals surface area contributed by atoms with Gasteiger partial charge in [-0.3, -0.25) is 0 Å². The van der Waals surface area contributed by atoms with Crippen molar-refractivity contribution in [2.24, 2.45) is 5.89 Å². The molecule has 0 aromatic heterocycles. The lowest BCUT2D eigenvalue weighted by Gasteiger charge is -2.08. The van der Waals surface area contributed by atoms with E-state index in [2.05, 4.69) is 0 Å². The summed E-state index contributed by atoms with van der Waals surface area (Å²) in [6.45, 7) is 8.76. The third kappa shape index (κ3) is 14.7. The summed E-state index contributed by atoms with van der Waals surface area (Å²) in [4.78, 5) is 0. The molecule has 0 aliphatic heterocycles. The van der Waals surface area contributed by atoms with E-state index in [1.807, 2.05) is 99.6 Å². The van der Waals surface area contributed by atoms with Gasteiger partial charge < -0.3 is 0 Å². The van der Waals surface area contributed by atoms with E-state index in [0.29, 0.717) is 0 Å². The zero-order chi connectivity index (χ0) is 31.2. The summed E-state index contributed by atoms with van der Waals surface area (Å²) in [5, 5.41) is 0. The van der Waals surface area contributed by atoms with Crippen LogP contribution < -0.4 is 0 Å². The van der Waals surface area contributed by atoms with Crippen LogP contribution in [0.3, 0.4) is 0 Å². The Morgan fingerprint density at radius 1 is 0.706 bits per heavy atom. The maximum absolute atomic E-state index is 8.04. The van der Waals surface area contributed by atoms with Crippen LogP contribution in [0.1, 0.15) is 112 Å². The molecule has 3 aromatic rings. The number of hydrogen-bond acceptors (Lipinski definition) is 0. The van der Waals surface area contributed by atoms with Crippen LogP contribution in [0.15, 0.2) is 91.0 Å². The summed E-state index contributed by atoms with van der Waals surface area (Å²) >= 11 is 0. The van der Waals surface area contributed by atoms with Crippen molar-refractivity contribution in [3.05, 3.63) is 108 Å². The van der Waals surface area contributed by atoms with Crippen LogP contribution in [0.5, 0.6) is 0 Å². The second kappa shape index (κ2) is 20.1. The molecule has 1 fully saturated rings. The van der Waals surface area contributed by atoms with E-state index in [1.54, 1.807) is 26.0 Å². The first kappa shape index (κ1) is 19.9. The molecule has 0 amide bonds. The molecule has 1 aliphatic carbocycles. The molecule has 1 atom stereocenters. The van der Waals surface area contributed by atoms with E-state index >= 15 is 0 Å². The topological polar surface area (TPSA) is 0 Å². The standard InChI is InChI=1S/C9H12.C9H18.2C8H10/c1-8(2)9-6-4-3-5-7-9;1-2-9-7-5-3-4-6-8-9;2*1-2-8-6-4-3-5-7-8/h3-8H,1-2H3;9H,2-8H2,1H3;2*3-7H,2H2,1H3/i8D;2D2,9D;2D2;2D. The molecule has 186 valence electrons. The lowest BCUT2D eigenvalue weighted by Crippen LogP contribution is -1.94. The molecule has 4 rings (SSSR count). The van der Waals surface area contributed by atoms with Crippen LogP contribution in [0.25, 0.3) is 0 Å². The second-order valence-corrected chi connectivity index (χ2v) is 8.45. The quantitative estimate of drug-likeness (QED) is 0.336. The van der Waals surface area contributed by atoms with Gasteiger partial charge in [-0.25, -0.2) is 0 Å². The van der Waals surface area contributed by atoms with Crippen LogP contribution in [0.4, 0.5) is 0 Å². The Kier molecular flexibility index (Phi) is 11.8. The van der Waals surface area contributed by atoms with Gasteiger partial charge in [0, 0.05) is 9.60 Å². The summed E-state index contributed by atoms with van der Waals surface area (Å²) in [7, 11) is 0. The lowest BCUT2D eigenvalue weighted by molar-refractivity contribution is 0.446. The maximum Gasteiger partial charge on any atom is 0.0347 e. The van der Waals surface area contributed by atoms with Gasteiger partial charge in [0.15, 0.2) is 0 Å². The number of aryl methyl sites for hydroxylation is 2. The monoisotopic (exact) mass is 465 g/mol. The Bertz CT molecular complexity index is 1010. The Hall–Kier alpha value is -2.34. The van der Waals surface area contributed by atoms with Gasteiger partial charge in [0.05, 0.1) is 0 Å². The molecular formula is C34H50. The molecule has 34 heavy (non-hydrogen) atoms. The second-order valence-electron chi connectivity index (χ2n) is 8.45. The fourth-order valence-electron chi connectivity index (χ4n) is 3.43. The van der Waals surface area contributed by atoms with Crippen LogP contribution >= 0.6 is 0 Å². The molecule has 0 N–H and O–H groups in total. The highest BCUT2D eigenvalue weighted by Crippen LogP contribution is 2.24. The molecule has 1 saturated carbocycles. The highest BCUT2D eigenvalue weighted by Gasteiger charge is 2.08. The summed E-state index contributed by atoms with van der Waals surface area (Å²) in [6, 6.07) is 28.8. The molecule has 1 aliphatic rings. The van der Waals surface area contributed by atoms with Crippen molar-refractivity contribution >= 4 is 0 Å². The zero-order valence-corrected chi connectivity index (χ0v) is 22.0. The van der Waals surface area contributed by atoms with Crippen molar-refractivity contribution in [2.75, 3.05) is 0 Å². The van der Waals surface area contributed by atoms with Crippen molar-refractivity contribution in [3.63, 3.8) is 0 Å². The predicted molar refractivity (Wildman–Crippen MR) is 154 cm³/mol. The van der Waals surface area contributed by atoms with Gasteiger partial charge in [-0.2, -0.15) is 0 Å². The van der Waals surface area contributed by atoms with Gasteiger partial charge >= 0.3 is 0 Å². The van der Waals surface area contributed by atoms with Crippen LogP contribution in [0, 0.1) is 5.89 Å². The van der Waals surface area contributed by atoms with Crippen LogP contribution in [0.2, 0.25) is 0 Å². The highest BCUT2D eigenvalue weighted by atomic mass is 14.1. The van der Waals surface area contributed by atoms with E-state index in [-0.39, 0.29) is 6.40 Å². The molecule has 0 radical (unpaired) electrons. The highest BCUT2D eigenvalue weighted by molar-refractivity contribution is 5.17. The summed E-state index contributed by atoms with van der Waals surface area (Å²) in [5.74, 6) is -1.27. The normalized spacial score (nSPS) is 19.3. The van der Waals surface area contributed by atoms with Crippen molar-refractivity contribution in [1.82, 2.24) is 0 Å². The van der Waals surface area contributed by atoms with Gasteiger partial charge in [0.2, 0.25) is 0 Å². The SMILES string of the molecule is [2H]C(C)(C)c1ccccc1.[2H]C(C)c1ccccc1.[2H]C([2H])(C)C1([2H])CCCCCC1.[2H]C([2H])(C)c1ccccc1. The van der Waals surface area contributed by atoms with Crippen molar-refractivity contribution in [2.45, 2.75) is 98.2 Å². The molecule has 0 saturated heterocycles. The van der Waals surface area contributed by atoms with E-state index in [0.717, 1.165) is 42.4 Å². The first-order chi connectivity index (χ1) is 19.0. The first-order valence-corrected chi connectivity index (χ1v) is 12.6. The Morgan fingerprint density at radius 3 is 1.44 bits per heavy atom. The maximum atomic E-state index is 8.04. The minimum Gasteiger partial charge on any atom is -0.0651 e. The number of hydrogen-bond donors (Lipinski definition) is 0. The fourth-order valence-corrected chi connectivity index (χ4v) is 3.43. The van der Waals surface area contributed by atoms with E-state index < -0.39 is 24.5 Å². The van der Waals surface area contributed by atoms with Gasteiger partial charge in [-0.1, -0.05) is 171 Å². The van der Waals surface area contributed by atoms with Gasteiger partial charge in [0.1, 0.15) is 0 Å². The minimum absolute atomic E-state index is 0.0915. The van der Waals surface area contributed by atoms with E-state index in [4.69, 9.17) is 9.60 Å². The van der Waals surface area contributed by atoms with E-state index in [9.17, 15) is 0 Å². The van der Waals surface area contributed by atoms with Crippen molar-refractivity contribution < 1.29 is 9.60 Å². The zero-order valence-electron chi connectivity index (χ0n) is 29.0. The molecule has 0 spiro atoms. The third-order valence-corrected chi connectivity index (χ3v) is 5.61. The Balaban J connectivity index is 0.000000275. The average Bonchev–Trinajstić information content (AvgIpc) is 3.16. The molecule has 1 unspecified atom stereocenters. The Morgan fingerprint density at radius 2 is 1.15 bits per heavy atom. The summed E-state index contributed by atoms with van der Waals surface area (Å²) in [6.07, 6.45) is 3.23. The molecular weight excluding hydrogens is 408 g/mol. The molecule has 0 bridgehead atoms. The third-order valence-electron chi connectivity index (χ3n) is 5.61. The van der Waals surface area contributed by atoms with Crippen molar-refractivity contribution in [1.29, 1.82) is 0 Å². The minimum atomic E-state index is -1.34. The largest absolute Gasteiger partial charge is 0.0651 e. The van der Waals surface area contributed by atoms with Crippen molar-refractivity contribution in [3.8, 4) is 0 Å². The smallest absolute Gasteiger partial charge is 0.0347 e.